The van der Waals surface area contributed by atoms with Gasteiger partial charge in [-0.15, -0.1) is 0 Å². The van der Waals surface area contributed by atoms with Gasteiger partial charge in [-0.25, -0.2) is 0 Å². The molecule has 0 radical (unpaired) electrons. The van der Waals surface area contributed by atoms with Crippen LogP contribution in [0.3, 0.4) is 0 Å². The summed E-state index contributed by atoms with van der Waals surface area (Å²) in [5.41, 5.74) is 2.22. The molecule has 1 aromatic heterocycles. The van der Waals surface area contributed by atoms with Gasteiger partial charge in [0.2, 0.25) is 11.8 Å². The van der Waals surface area contributed by atoms with E-state index in [-0.39, 0.29) is 5.60 Å². The van der Waals surface area contributed by atoms with Gasteiger partial charge in [-0.3, -0.25) is 0 Å². The highest BCUT2D eigenvalue weighted by Crippen LogP contribution is 2.65. The van der Waals surface area contributed by atoms with E-state index in [2.05, 4.69) is 24.0 Å². The lowest BCUT2D eigenvalue weighted by Gasteiger charge is -2.46. The van der Waals surface area contributed by atoms with Gasteiger partial charge in [0.15, 0.2) is 0 Å². The first-order valence-electron chi connectivity index (χ1n) is 7.39. The molecule has 0 spiro atoms. The summed E-state index contributed by atoms with van der Waals surface area (Å²) < 4.78 is 16.8. The molecule has 1 aromatic rings. The van der Waals surface area contributed by atoms with Crippen LogP contribution in [0.5, 0.6) is 11.8 Å². The van der Waals surface area contributed by atoms with Gasteiger partial charge in [0.1, 0.15) is 5.60 Å². The summed E-state index contributed by atoms with van der Waals surface area (Å²) >= 11 is 0. The van der Waals surface area contributed by atoms with Gasteiger partial charge in [0.25, 0.3) is 0 Å². The summed E-state index contributed by atoms with van der Waals surface area (Å²) in [4.78, 5) is 6.67. The zero-order valence-corrected chi connectivity index (χ0v) is 13.5. The average molecular weight is 292 g/mol. The molecule has 0 amide bonds. The number of hydrogen-bond donors (Lipinski definition) is 0. The van der Waals surface area contributed by atoms with Crippen molar-refractivity contribution in [3.05, 3.63) is 17.2 Å². The summed E-state index contributed by atoms with van der Waals surface area (Å²) in [5.74, 6) is 2.30. The van der Waals surface area contributed by atoms with Crippen molar-refractivity contribution in [1.29, 1.82) is 0 Å². The fraction of sp³-hybridized carbons (Fsp3) is 0.688. The molecule has 21 heavy (non-hydrogen) atoms. The van der Waals surface area contributed by atoms with Gasteiger partial charge < -0.3 is 19.1 Å². The Morgan fingerprint density at radius 1 is 1.29 bits per heavy atom. The largest absolute Gasteiger partial charge is 0.481 e. The second kappa shape index (κ2) is 5.14. The van der Waals surface area contributed by atoms with Crippen molar-refractivity contribution in [2.75, 3.05) is 42.0 Å². The molecule has 2 unspecified atom stereocenters. The van der Waals surface area contributed by atoms with Crippen LogP contribution in [0.25, 0.3) is 0 Å². The smallest absolute Gasteiger partial charge is 0.220 e. The Morgan fingerprint density at radius 3 is 2.62 bits per heavy atom. The number of methoxy groups -OCH3 is 3. The van der Waals surface area contributed by atoms with Crippen LogP contribution in [-0.2, 0) is 10.3 Å². The van der Waals surface area contributed by atoms with Crippen molar-refractivity contribution in [2.24, 2.45) is 5.92 Å². The quantitative estimate of drug-likeness (QED) is 0.830. The van der Waals surface area contributed by atoms with Crippen LogP contribution in [0.4, 0.5) is 0 Å². The Balaban J connectivity index is 1.99. The minimum atomic E-state index is -0.181. The molecule has 0 aromatic carbocycles. The number of rotatable bonds is 5. The number of hydrogen-bond acceptors (Lipinski definition) is 5. The van der Waals surface area contributed by atoms with Gasteiger partial charge in [-0.05, 0) is 38.4 Å². The Hall–Kier alpha value is -1.33. The predicted octanol–water partition coefficient (Wildman–Crippen LogP) is 2.01. The standard InChI is InChI=1S/C16H24N2O3/c1-18(2)9-10-6-11-14-12(16(11,8-10)21-5)7-13(19-3)17-15(14)20-4/h7,10-11H,6,8-9H2,1-5H3/t10-,11?,16?/m1/s1. The lowest BCUT2D eigenvalue weighted by molar-refractivity contribution is -0.0501. The summed E-state index contributed by atoms with van der Waals surface area (Å²) in [7, 11) is 9.36. The first kappa shape index (κ1) is 14.6. The maximum atomic E-state index is 5.98. The summed E-state index contributed by atoms with van der Waals surface area (Å²) in [6, 6.07) is 2.01. The first-order chi connectivity index (χ1) is 10.1. The van der Waals surface area contributed by atoms with Gasteiger partial charge in [-0.2, -0.15) is 4.98 Å². The molecule has 2 aliphatic carbocycles. The highest BCUT2D eigenvalue weighted by Gasteiger charge is 2.60. The lowest BCUT2D eigenvalue weighted by atomic mass is 9.66. The average Bonchev–Trinajstić information content (AvgIpc) is 2.77. The van der Waals surface area contributed by atoms with Crippen molar-refractivity contribution in [1.82, 2.24) is 9.88 Å². The number of fused-ring (bicyclic) bond motifs is 4. The maximum Gasteiger partial charge on any atom is 0.220 e. The van der Waals surface area contributed by atoms with Gasteiger partial charge >= 0.3 is 0 Å². The zero-order chi connectivity index (χ0) is 15.2. The minimum Gasteiger partial charge on any atom is -0.481 e. The molecule has 116 valence electrons. The van der Waals surface area contributed by atoms with Crippen LogP contribution >= 0.6 is 0 Å². The molecule has 3 atom stereocenters. The van der Waals surface area contributed by atoms with Crippen molar-refractivity contribution in [3.63, 3.8) is 0 Å². The van der Waals surface area contributed by atoms with Crippen LogP contribution in [0, 0.1) is 5.92 Å². The number of nitrogens with zero attached hydrogens (tertiary/aromatic N) is 2. The minimum absolute atomic E-state index is 0.181. The molecular formula is C16H24N2O3. The van der Waals surface area contributed by atoms with Crippen molar-refractivity contribution >= 4 is 0 Å². The fourth-order valence-corrected chi connectivity index (χ4v) is 4.20. The van der Waals surface area contributed by atoms with E-state index in [1.807, 2.05) is 13.2 Å². The molecular weight excluding hydrogens is 268 g/mol. The molecule has 2 aliphatic rings. The van der Waals surface area contributed by atoms with Gasteiger partial charge in [0.05, 0.1) is 14.2 Å². The van der Waals surface area contributed by atoms with Crippen LogP contribution in [0.2, 0.25) is 0 Å². The molecule has 5 nitrogen and oxygen atoms in total. The van der Waals surface area contributed by atoms with E-state index in [9.17, 15) is 0 Å². The van der Waals surface area contributed by atoms with E-state index in [1.54, 1.807) is 14.2 Å². The first-order valence-corrected chi connectivity index (χ1v) is 7.39. The number of ether oxygens (including phenoxy) is 3. The molecule has 1 fully saturated rings. The second-order valence-corrected chi connectivity index (χ2v) is 6.35. The maximum absolute atomic E-state index is 5.98. The molecule has 0 aliphatic heterocycles. The van der Waals surface area contributed by atoms with Gasteiger partial charge in [0, 0.05) is 31.2 Å². The highest BCUT2D eigenvalue weighted by atomic mass is 16.5. The van der Waals surface area contributed by atoms with Crippen LogP contribution in [0.15, 0.2) is 6.07 Å². The van der Waals surface area contributed by atoms with E-state index in [0.29, 0.717) is 23.6 Å². The molecule has 0 N–H and O–H groups in total. The molecule has 1 saturated carbocycles. The van der Waals surface area contributed by atoms with Crippen LogP contribution < -0.4 is 9.47 Å². The monoisotopic (exact) mass is 292 g/mol. The van der Waals surface area contributed by atoms with E-state index >= 15 is 0 Å². The Morgan fingerprint density at radius 2 is 2.05 bits per heavy atom. The molecule has 5 heteroatoms. The molecule has 1 heterocycles. The Bertz CT molecular complexity index is 547. The molecule has 3 rings (SSSR count). The summed E-state index contributed by atoms with van der Waals surface area (Å²) in [6.07, 6.45) is 2.18. The Kier molecular flexibility index (Phi) is 3.58. The predicted molar refractivity (Wildman–Crippen MR) is 80.0 cm³/mol. The molecule has 0 saturated heterocycles. The molecule has 0 bridgehead atoms. The highest BCUT2D eigenvalue weighted by molar-refractivity contribution is 5.56. The van der Waals surface area contributed by atoms with E-state index in [4.69, 9.17) is 14.2 Å². The number of pyridine rings is 1. The van der Waals surface area contributed by atoms with Crippen LogP contribution in [0.1, 0.15) is 29.9 Å². The van der Waals surface area contributed by atoms with E-state index in [1.165, 1.54) is 11.1 Å². The number of aromatic nitrogens is 1. The van der Waals surface area contributed by atoms with Crippen molar-refractivity contribution in [2.45, 2.75) is 24.4 Å². The summed E-state index contributed by atoms with van der Waals surface area (Å²) in [5, 5.41) is 0. The normalized spacial score (nSPS) is 29.8. The van der Waals surface area contributed by atoms with E-state index in [0.717, 1.165) is 19.4 Å². The Labute approximate surface area is 126 Å². The van der Waals surface area contributed by atoms with Crippen molar-refractivity contribution < 1.29 is 14.2 Å². The second-order valence-electron chi connectivity index (χ2n) is 6.35. The topological polar surface area (TPSA) is 43.8 Å². The van der Waals surface area contributed by atoms with Gasteiger partial charge in [-0.1, -0.05) is 0 Å². The fourth-order valence-electron chi connectivity index (χ4n) is 4.20. The van der Waals surface area contributed by atoms with Crippen LogP contribution in [-0.4, -0.2) is 51.9 Å². The lowest BCUT2D eigenvalue weighted by Crippen LogP contribution is -2.42. The summed E-state index contributed by atoms with van der Waals surface area (Å²) in [6.45, 7) is 1.09. The third-order valence-corrected chi connectivity index (χ3v) is 4.92. The third kappa shape index (κ3) is 2.02. The third-order valence-electron chi connectivity index (χ3n) is 4.92. The van der Waals surface area contributed by atoms with Crippen molar-refractivity contribution in [3.8, 4) is 11.8 Å². The SMILES string of the molecule is COc1cc2c(c(OC)n1)C1C[C@@H](CN(C)C)CC21OC. The zero-order valence-electron chi connectivity index (χ0n) is 13.5. The van der Waals surface area contributed by atoms with E-state index < -0.39 is 0 Å².